The molecule has 0 aliphatic rings. The molecule has 0 aliphatic carbocycles. The molecular weight excluding hydrogens is 362 g/mol. The predicted octanol–water partition coefficient (Wildman–Crippen LogP) is 2.66. The zero-order valence-corrected chi connectivity index (χ0v) is 16.3. The second-order valence-electron chi connectivity index (χ2n) is 6.56. The summed E-state index contributed by atoms with van der Waals surface area (Å²) in [5.74, 6) is -0.869. The summed E-state index contributed by atoms with van der Waals surface area (Å²) in [4.78, 5) is 38.0. The van der Waals surface area contributed by atoms with Gasteiger partial charge in [0.05, 0.1) is 17.1 Å². The lowest BCUT2D eigenvalue weighted by Crippen LogP contribution is -2.36. The molecule has 0 saturated carbocycles. The Bertz CT molecular complexity index is 895. The fourth-order valence-electron chi connectivity index (χ4n) is 2.82. The summed E-state index contributed by atoms with van der Waals surface area (Å²) in [6.07, 6.45) is 0. The molecule has 8 nitrogen and oxygen atoms in total. The van der Waals surface area contributed by atoms with E-state index in [1.807, 2.05) is 0 Å². The Morgan fingerprint density at radius 1 is 1.18 bits per heavy atom. The van der Waals surface area contributed by atoms with Gasteiger partial charge in [-0.2, -0.15) is 0 Å². The minimum Gasteiger partial charge on any atom is -0.383 e. The van der Waals surface area contributed by atoms with Gasteiger partial charge < -0.3 is 15.0 Å². The third kappa shape index (κ3) is 4.72. The molecule has 2 rings (SSSR count). The lowest BCUT2D eigenvalue weighted by Gasteiger charge is -2.15. The van der Waals surface area contributed by atoms with Crippen molar-refractivity contribution < 1.29 is 19.2 Å². The third-order valence-corrected chi connectivity index (χ3v) is 4.13. The SMILES string of the molecule is COCC(C)NC(=O)c1ccccc1C(=O)c1ccc(N(C)C)c([N+](=O)[O-])c1. The van der Waals surface area contributed by atoms with Gasteiger partial charge in [0.2, 0.25) is 0 Å². The standard InChI is InChI=1S/C20H23N3O5/c1-13(12-28-4)21-20(25)16-8-6-5-7-15(16)19(24)14-9-10-17(22(2)3)18(11-14)23(26)27/h5-11,13H,12H2,1-4H3,(H,21,25). The average molecular weight is 385 g/mol. The number of hydrogen-bond donors (Lipinski definition) is 1. The van der Waals surface area contributed by atoms with E-state index in [1.165, 1.54) is 31.4 Å². The van der Waals surface area contributed by atoms with Gasteiger partial charge in [-0.15, -0.1) is 0 Å². The Hall–Kier alpha value is -3.26. The van der Waals surface area contributed by atoms with Crippen molar-refractivity contribution in [2.75, 3.05) is 32.7 Å². The van der Waals surface area contributed by atoms with Crippen LogP contribution in [0, 0.1) is 10.1 Å². The van der Waals surface area contributed by atoms with Gasteiger partial charge in [0.1, 0.15) is 5.69 Å². The molecule has 0 aromatic heterocycles. The van der Waals surface area contributed by atoms with Crippen LogP contribution in [0.25, 0.3) is 0 Å². The highest BCUT2D eigenvalue weighted by atomic mass is 16.6. The van der Waals surface area contributed by atoms with Crippen molar-refractivity contribution in [3.8, 4) is 0 Å². The van der Waals surface area contributed by atoms with Gasteiger partial charge in [0.25, 0.3) is 11.6 Å². The maximum atomic E-state index is 13.0. The first kappa shape index (κ1) is 21.0. The molecule has 0 aliphatic heterocycles. The summed E-state index contributed by atoms with van der Waals surface area (Å²) >= 11 is 0. The number of nitro groups is 1. The topological polar surface area (TPSA) is 102 Å². The Morgan fingerprint density at radius 2 is 1.82 bits per heavy atom. The predicted molar refractivity (Wildman–Crippen MR) is 106 cm³/mol. The van der Waals surface area contributed by atoms with E-state index in [0.717, 1.165) is 0 Å². The van der Waals surface area contributed by atoms with Crippen molar-refractivity contribution in [2.24, 2.45) is 0 Å². The highest BCUT2D eigenvalue weighted by molar-refractivity contribution is 6.15. The number of carbonyl (C=O) groups excluding carboxylic acids is 2. The normalized spacial score (nSPS) is 11.6. The van der Waals surface area contributed by atoms with Crippen LogP contribution in [-0.2, 0) is 4.74 Å². The van der Waals surface area contributed by atoms with E-state index in [4.69, 9.17) is 4.74 Å². The van der Waals surface area contributed by atoms with Gasteiger partial charge in [-0.3, -0.25) is 19.7 Å². The van der Waals surface area contributed by atoms with E-state index in [0.29, 0.717) is 12.3 Å². The summed E-state index contributed by atoms with van der Waals surface area (Å²) in [6.45, 7) is 2.12. The van der Waals surface area contributed by atoms with Gasteiger partial charge in [-0.1, -0.05) is 18.2 Å². The average Bonchev–Trinajstić information content (AvgIpc) is 2.66. The van der Waals surface area contributed by atoms with Gasteiger partial charge in [-0.05, 0) is 25.1 Å². The molecule has 8 heteroatoms. The van der Waals surface area contributed by atoms with Crippen LogP contribution < -0.4 is 10.2 Å². The molecular formula is C20H23N3O5. The number of nitrogens with one attached hydrogen (secondary N) is 1. The van der Waals surface area contributed by atoms with E-state index in [-0.39, 0.29) is 28.4 Å². The molecule has 1 atom stereocenters. The molecule has 0 heterocycles. The minimum absolute atomic E-state index is 0.141. The zero-order chi connectivity index (χ0) is 20.8. The number of anilines is 1. The number of nitrogens with zero attached hydrogens (tertiary/aromatic N) is 2. The van der Waals surface area contributed by atoms with Crippen molar-refractivity contribution in [1.29, 1.82) is 0 Å². The first-order chi connectivity index (χ1) is 13.3. The molecule has 0 saturated heterocycles. The number of ether oxygens (including phenoxy) is 1. The fourth-order valence-corrected chi connectivity index (χ4v) is 2.82. The van der Waals surface area contributed by atoms with E-state index in [9.17, 15) is 19.7 Å². The molecule has 2 aromatic rings. The first-order valence-electron chi connectivity index (χ1n) is 8.65. The minimum atomic E-state index is -0.531. The van der Waals surface area contributed by atoms with E-state index >= 15 is 0 Å². The van der Waals surface area contributed by atoms with Gasteiger partial charge >= 0.3 is 0 Å². The Kier molecular flexibility index (Phi) is 6.84. The maximum Gasteiger partial charge on any atom is 0.293 e. The Labute approximate surface area is 163 Å². The number of rotatable bonds is 8. The molecule has 0 spiro atoms. The Morgan fingerprint density at radius 3 is 2.39 bits per heavy atom. The van der Waals surface area contributed by atoms with E-state index < -0.39 is 16.6 Å². The van der Waals surface area contributed by atoms with Gasteiger partial charge in [-0.25, -0.2) is 0 Å². The molecule has 1 amide bonds. The lowest BCUT2D eigenvalue weighted by atomic mass is 9.97. The molecule has 0 fully saturated rings. The van der Waals surface area contributed by atoms with Crippen LogP contribution in [0.3, 0.4) is 0 Å². The second kappa shape index (κ2) is 9.09. The molecule has 1 N–H and O–H groups in total. The van der Waals surface area contributed by atoms with Crippen molar-refractivity contribution in [3.05, 3.63) is 69.3 Å². The quantitative estimate of drug-likeness (QED) is 0.426. The van der Waals surface area contributed by atoms with Gasteiger partial charge in [0.15, 0.2) is 5.78 Å². The van der Waals surface area contributed by atoms with Crippen LogP contribution in [-0.4, -0.2) is 50.5 Å². The zero-order valence-electron chi connectivity index (χ0n) is 16.3. The number of nitro benzene ring substituents is 1. The number of carbonyl (C=O) groups is 2. The number of amides is 1. The molecule has 1 unspecified atom stereocenters. The van der Waals surface area contributed by atoms with Crippen LogP contribution in [0.2, 0.25) is 0 Å². The number of hydrogen-bond acceptors (Lipinski definition) is 6. The van der Waals surface area contributed by atoms with Crippen molar-refractivity contribution in [2.45, 2.75) is 13.0 Å². The molecule has 2 aromatic carbocycles. The van der Waals surface area contributed by atoms with E-state index in [1.54, 1.807) is 44.1 Å². The van der Waals surface area contributed by atoms with Crippen molar-refractivity contribution >= 4 is 23.1 Å². The van der Waals surface area contributed by atoms with Gasteiger partial charge in [0, 0.05) is 44.4 Å². The van der Waals surface area contributed by atoms with Crippen molar-refractivity contribution in [1.82, 2.24) is 5.32 Å². The first-order valence-corrected chi connectivity index (χ1v) is 8.65. The monoisotopic (exact) mass is 385 g/mol. The van der Waals surface area contributed by atoms with Crippen LogP contribution in [0.1, 0.15) is 33.2 Å². The largest absolute Gasteiger partial charge is 0.383 e. The third-order valence-electron chi connectivity index (χ3n) is 4.13. The second-order valence-corrected chi connectivity index (χ2v) is 6.56. The van der Waals surface area contributed by atoms with Crippen LogP contribution in [0.15, 0.2) is 42.5 Å². The highest BCUT2D eigenvalue weighted by Crippen LogP contribution is 2.29. The number of ketones is 1. The summed E-state index contributed by atoms with van der Waals surface area (Å²) in [5, 5.41) is 14.2. The lowest BCUT2D eigenvalue weighted by molar-refractivity contribution is -0.384. The van der Waals surface area contributed by atoms with E-state index in [2.05, 4.69) is 5.32 Å². The molecule has 0 bridgehead atoms. The maximum absolute atomic E-state index is 13.0. The molecule has 28 heavy (non-hydrogen) atoms. The molecule has 0 radical (unpaired) electrons. The summed E-state index contributed by atoms with van der Waals surface area (Å²) < 4.78 is 5.00. The number of methoxy groups -OCH3 is 1. The van der Waals surface area contributed by atoms with Crippen molar-refractivity contribution in [3.63, 3.8) is 0 Å². The summed E-state index contributed by atoms with van der Waals surface area (Å²) in [7, 11) is 4.90. The van der Waals surface area contributed by atoms with Crippen LogP contribution in [0.5, 0.6) is 0 Å². The Balaban J connectivity index is 2.41. The summed E-state index contributed by atoms with van der Waals surface area (Å²) in [5.41, 5.74) is 0.737. The summed E-state index contributed by atoms with van der Waals surface area (Å²) in [6, 6.07) is 10.4. The van der Waals surface area contributed by atoms with Crippen LogP contribution in [0.4, 0.5) is 11.4 Å². The highest BCUT2D eigenvalue weighted by Gasteiger charge is 2.23. The number of benzene rings is 2. The molecule has 148 valence electrons. The smallest absolute Gasteiger partial charge is 0.293 e. The fraction of sp³-hybridized carbons (Fsp3) is 0.300. The van der Waals surface area contributed by atoms with Crippen LogP contribution >= 0.6 is 0 Å².